The molecule has 0 saturated carbocycles. The Kier molecular flexibility index (Phi) is 3.04. The van der Waals surface area contributed by atoms with Crippen molar-refractivity contribution in [1.29, 1.82) is 0 Å². The molecular formula is C11H13ClN4O4. The van der Waals surface area contributed by atoms with Gasteiger partial charge in [-0.15, -0.1) is 5.10 Å². The second-order valence-electron chi connectivity index (χ2n) is 4.94. The first kappa shape index (κ1) is 13.2. The third-order valence-electron chi connectivity index (χ3n) is 3.62. The summed E-state index contributed by atoms with van der Waals surface area (Å²) >= 11 is 5.77. The normalized spacial score (nSPS) is 20.9. The Bertz CT molecular complexity index is 545. The summed E-state index contributed by atoms with van der Waals surface area (Å²) in [6.45, 7) is 1.18. The van der Waals surface area contributed by atoms with Crippen LogP contribution in [0.1, 0.15) is 23.5 Å². The Hall–Kier alpha value is -1.83. The highest BCUT2D eigenvalue weighted by molar-refractivity contribution is 6.28. The molecular weight excluding hydrogens is 288 g/mol. The van der Waals surface area contributed by atoms with E-state index in [1.54, 1.807) is 11.9 Å². The fraction of sp³-hybridized carbons (Fsp3) is 0.636. The molecule has 2 aliphatic rings. The van der Waals surface area contributed by atoms with Gasteiger partial charge in [0.05, 0.1) is 0 Å². The lowest BCUT2D eigenvalue weighted by Gasteiger charge is -2.35. The van der Waals surface area contributed by atoms with Crippen LogP contribution in [0, 0.1) is 0 Å². The van der Waals surface area contributed by atoms with E-state index >= 15 is 0 Å². The van der Waals surface area contributed by atoms with Gasteiger partial charge in [0, 0.05) is 33.0 Å². The van der Waals surface area contributed by atoms with Crippen molar-refractivity contribution in [3.8, 4) is 0 Å². The van der Waals surface area contributed by atoms with Crippen molar-refractivity contribution >= 4 is 23.7 Å². The number of rotatable bonds is 1. The number of likely N-dealkylation sites (tertiary alicyclic amines) is 1. The van der Waals surface area contributed by atoms with Crippen LogP contribution in [0.3, 0.4) is 0 Å². The van der Waals surface area contributed by atoms with Gasteiger partial charge in [0.1, 0.15) is 6.61 Å². The number of carbonyl (C=O) groups excluding carboxylic acids is 2. The van der Waals surface area contributed by atoms with Gasteiger partial charge in [-0.2, -0.15) is 4.98 Å². The van der Waals surface area contributed by atoms with Crippen LogP contribution >= 0.6 is 11.6 Å². The summed E-state index contributed by atoms with van der Waals surface area (Å²) in [4.78, 5) is 28.8. The quantitative estimate of drug-likeness (QED) is 0.706. The van der Waals surface area contributed by atoms with Crippen molar-refractivity contribution in [2.24, 2.45) is 7.05 Å². The second-order valence-corrected chi connectivity index (χ2v) is 5.28. The summed E-state index contributed by atoms with van der Waals surface area (Å²) in [5.41, 5.74) is -0.580. The summed E-state index contributed by atoms with van der Waals surface area (Å²) in [6.07, 6.45) is 0.457. The van der Waals surface area contributed by atoms with Crippen molar-refractivity contribution < 1.29 is 19.1 Å². The maximum atomic E-state index is 12.2. The largest absolute Gasteiger partial charge is 0.509 e. The maximum absolute atomic E-state index is 12.2. The molecule has 20 heavy (non-hydrogen) atoms. The van der Waals surface area contributed by atoms with E-state index < -0.39 is 11.8 Å². The number of ether oxygens (including phenoxy) is 2. The van der Waals surface area contributed by atoms with Gasteiger partial charge >= 0.3 is 6.16 Å². The predicted molar refractivity (Wildman–Crippen MR) is 66.3 cm³/mol. The topological polar surface area (TPSA) is 86.6 Å². The molecule has 0 radical (unpaired) electrons. The Morgan fingerprint density at radius 1 is 1.40 bits per heavy atom. The zero-order chi connectivity index (χ0) is 14.3. The van der Waals surface area contributed by atoms with Crippen molar-refractivity contribution in [2.45, 2.75) is 18.4 Å². The number of carbonyl (C=O) groups is 2. The van der Waals surface area contributed by atoms with Crippen LogP contribution in [0.2, 0.25) is 5.28 Å². The van der Waals surface area contributed by atoms with Crippen molar-refractivity contribution in [3.05, 3.63) is 11.1 Å². The number of halogens is 1. The summed E-state index contributed by atoms with van der Waals surface area (Å²) in [6, 6.07) is 0. The molecule has 0 aromatic carbocycles. The summed E-state index contributed by atoms with van der Waals surface area (Å²) in [7, 11) is 1.62. The van der Waals surface area contributed by atoms with Gasteiger partial charge in [-0.3, -0.25) is 4.79 Å². The minimum absolute atomic E-state index is 0.0770. The third kappa shape index (κ3) is 2.20. The Balaban J connectivity index is 1.66. The van der Waals surface area contributed by atoms with Crippen LogP contribution in [0.4, 0.5) is 4.79 Å². The van der Waals surface area contributed by atoms with Crippen LogP contribution in [-0.2, 0) is 16.5 Å². The lowest BCUT2D eigenvalue weighted by Crippen LogP contribution is -2.48. The first-order chi connectivity index (χ1) is 9.49. The second kappa shape index (κ2) is 4.62. The Morgan fingerprint density at radius 2 is 2.10 bits per heavy atom. The van der Waals surface area contributed by atoms with E-state index in [4.69, 9.17) is 21.1 Å². The van der Waals surface area contributed by atoms with Gasteiger partial charge in [-0.25, -0.2) is 9.48 Å². The van der Waals surface area contributed by atoms with Gasteiger partial charge in [0.2, 0.25) is 11.1 Å². The molecule has 0 bridgehead atoms. The third-order valence-corrected chi connectivity index (χ3v) is 3.95. The Labute approximate surface area is 119 Å². The summed E-state index contributed by atoms with van der Waals surface area (Å²) in [5.74, 6) is -0.194. The van der Waals surface area contributed by atoms with Gasteiger partial charge < -0.3 is 14.4 Å². The van der Waals surface area contributed by atoms with Crippen LogP contribution in [0.5, 0.6) is 0 Å². The van der Waals surface area contributed by atoms with E-state index in [2.05, 4.69) is 10.1 Å². The smallest absolute Gasteiger partial charge is 0.430 e. The highest BCUT2D eigenvalue weighted by atomic mass is 35.5. The van der Waals surface area contributed by atoms with Crippen LogP contribution < -0.4 is 0 Å². The average Bonchev–Trinajstić information content (AvgIpc) is 2.94. The molecule has 3 heterocycles. The lowest BCUT2D eigenvalue weighted by molar-refractivity contribution is 0.00245. The van der Waals surface area contributed by atoms with E-state index in [-0.39, 0.29) is 23.6 Å². The lowest BCUT2D eigenvalue weighted by atomic mass is 9.92. The van der Waals surface area contributed by atoms with Gasteiger partial charge in [0.25, 0.3) is 5.91 Å². The number of aromatic nitrogens is 3. The zero-order valence-electron chi connectivity index (χ0n) is 10.8. The minimum Gasteiger partial charge on any atom is -0.430 e. The fourth-order valence-electron chi connectivity index (χ4n) is 2.39. The molecule has 9 heteroatoms. The molecule has 1 aromatic rings. The predicted octanol–water partition coefficient (Wildman–Crippen LogP) is 0.610. The van der Waals surface area contributed by atoms with E-state index in [0.29, 0.717) is 25.9 Å². The number of nitrogens with zero attached hydrogens (tertiary/aromatic N) is 4. The first-order valence-corrected chi connectivity index (χ1v) is 6.58. The van der Waals surface area contributed by atoms with Crippen molar-refractivity contribution in [2.75, 3.05) is 19.7 Å². The molecule has 2 saturated heterocycles. The van der Waals surface area contributed by atoms with Gasteiger partial charge in [-0.1, -0.05) is 0 Å². The monoisotopic (exact) mass is 300 g/mol. The number of amides is 1. The standard InChI is InChI=1S/C11H13ClN4O4/c1-15-9(12)13-7(14-15)8(17)16-4-2-11(3-5-16)6-19-10(18)20-11/h2-6H2,1H3. The number of aryl methyl sites for hydroxylation is 1. The molecule has 0 N–H and O–H groups in total. The Morgan fingerprint density at radius 3 is 2.60 bits per heavy atom. The maximum Gasteiger partial charge on any atom is 0.509 e. The molecule has 1 spiro atoms. The molecule has 2 fully saturated rings. The SMILES string of the molecule is Cn1nc(C(=O)N2CCC3(CC2)COC(=O)O3)nc1Cl. The molecule has 0 unspecified atom stereocenters. The highest BCUT2D eigenvalue weighted by Crippen LogP contribution is 2.31. The number of hydrogen-bond donors (Lipinski definition) is 0. The zero-order valence-corrected chi connectivity index (χ0v) is 11.6. The van der Waals surface area contributed by atoms with Gasteiger partial charge in [-0.05, 0) is 11.6 Å². The number of hydrogen-bond acceptors (Lipinski definition) is 6. The fourth-order valence-corrected chi connectivity index (χ4v) is 2.51. The van der Waals surface area contributed by atoms with Crippen LogP contribution in [0.25, 0.3) is 0 Å². The van der Waals surface area contributed by atoms with E-state index in [1.165, 1.54) is 4.68 Å². The minimum atomic E-state index is -0.636. The highest BCUT2D eigenvalue weighted by Gasteiger charge is 2.45. The molecule has 3 rings (SSSR count). The van der Waals surface area contributed by atoms with Gasteiger partial charge in [0.15, 0.2) is 5.60 Å². The van der Waals surface area contributed by atoms with Crippen molar-refractivity contribution in [1.82, 2.24) is 19.7 Å². The molecule has 2 aliphatic heterocycles. The van der Waals surface area contributed by atoms with E-state index in [0.717, 1.165) is 0 Å². The van der Waals surface area contributed by atoms with Crippen molar-refractivity contribution in [3.63, 3.8) is 0 Å². The summed E-state index contributed by atoms with van der Waals surface area (Å²) in [5, 5.41) is 4.13. The summed E-state index contributed by atoms with van der Waals surface area (Å²) < 4.78 is 11.4. The molecule has 0 aliphatic carbocycles. The molecule has 1 aromatic heterocycles. The molecule has 8 nitrogen and oxygen atoms in total. The van der Waals surface area contributed by atoms with Crippen LogP contribution in [-0.4, -0.2) is 57.0 Å². The molecule has 0 atom stereocenters. The number of cyclic esters (lactones) is 1. The van der Waals surface area contributed by atoms with E-state index in [9.17, 15) is 9.59 Å². The van der Waals surface area contributed by atoms with Crippen LogP contribution in [0.15, 0.2) is 0 Å². The first-order valence-electron chi connectivity index (χ1n) is 6.21. The number of piperidine rings is 1. The molecule has 108 valence electrons. The average molecular weight is 301 g/mol. The molecule has 1 amide bonds. The van der Waals surface area contributed by atoms with E-state index in [1.807, 2.05) is 0 Å².